The molecule has 0 rings (SSSR count). The van der Waals surface area contributed by atoms with Gasteiger partial charge in [-0.1, -0.05) is 46.2 Å². The van der Waals surface area contributed by atoms with E-state index in [1.165, 1.54) is 0 Å². The lowest BCUT2D eigenvalue weighted by molar-refractivity contribution is -0.129. The second-order valence-electron chi connectivity index (χ2n) is 7.30. The van der Waals surface area contributed by atoms with Gasteiger partial charge in [-0.25, -0.2) is 0 Å². The quantitative estimate of drug-likeness (QED) is 0.538. The van der Waals surface area contributed by atoms with Crippen molar-refractivity contribution in [3.05, 3.63) is 0 Å². The van der Waals surface area contributed by atoms with Crippen molar-refractivity contribution in [2.24, 2.45) is 0 Å². The second-order valence-corrected chi connectivity index (χ2v) is 37.7. The van der Waals surface area contributed by atoms with Gasteiger partial charge in [0.15, 0.2) is 6.42 Å². The van der Waals surface area contributed by atoms with E-state index in [-0.39, 0.29) is 5.91 Å². The van der Waals surface area contributed by atoms with E-state index in [2.05, 4.69) is 39.3 Å². The third-order valence-electron chi connectivity index (χ3n) is 3.72. The van der Waals surface area contributed by atoms with Crippen LogP contribution in [0, 0.1) is 0 Å². The lowest BCUT2D eigenvalue weighted by atomic mass is 10.3. The van der Waals surface area contributed by atoms with Crippen molar-refractivity contribution >= 4 is 38.6 Å². The molecular formula is C12H30ClNOSi3. The van der Waals surface area contributed by atoms with Crippen molar-refractivity contribution in [3.63, 3.8) is 0 Å². The van der Waals surface area contributed by atoms with Crippen LogP contribution in [0.2, 0.25) is 39.3 Å². The Balaban J connectivity index is 5.12. The number of hydrogen-bond acceptors (Lipinski definition) is 1. The van der Waals surface area contributed by atoms with Crippen LogP contribution >= 0.6 is 11.1 Å². The first-order chi connectivity index (χ1) is 7.87. The number of nitrogens with zero attached hydrogens (tertiary/aromatic N) is 1. The van der Waals surface area contributed by atoms with E-state index in [0.29, 0.717) is 6.42 Å². The van der Waals surface area contributed by atoms with Crippen molar-refractivity contribution < 1.29 is 4.79 Å². The Hall–Kier alpha value is 0.411. The van der Waals surface area contributed by atoms with Gasteiger partial charge in [0.25, 0.3) is 0 Å². The summed E-state index contributed by atoms with van der Waals surface area (Å²) in [5.74, 6) is 0.256. The summed E-state index contributed by atoms with van der Waals surface area (Å²) in [6, 6.07) is 0. The van der Waals surface area contributed by atoms with Gasteiger partial charge >= 0.3 is 0 Å². The topological polar surface area (TPSA) is 20.3 Å². The molecule has 0 radical (unpaired) electrons. The van der Waals surface area contributed by atoms with Crippen molar-refractivity contribution in [2.75, 3.05) is 13.2 Å². The number of halogens is 1. The number of amides is 1. The highest BCUT2D eigenvalue weighted by atomic mass is 35.6. The summed E-state index contributed by atoms with van der Waals surface area (Å²) in [5, 5.41) is 0. The zero-order valence-electron chi connectivity index (χ0n) is 13.4. The highest BCUT2D eigenvalue weighted by Crippen LogP contribution is 2.33. The normalized spacial score (nSPS) is 13.6. The molecule has 0 heterocycles. The van der Waals surface area contributed by atoms with E-state index in [1.807, 2.05) is 18.9 Å². The molecule has 0 unspecified atom stereocenters. The molecule has 0 fully saturated rings. The molecule has 1 amide bonds. The van der Waals surface area contributed by atoms with Crippen LogP contribution in [0.5, 0.6) is 0 Å². The van der Waals surface area contributed by atoms with Crippen LogP contribution in [-0.4, -0.2) is 45.6 Å². The van der Waals surface area contributed by atoms with Crippen molar-refractivity contribution in [1.82, 2.24) is 4.90 Å². The van der Waals surface area contributed by atoms with Crippen molar-refractivity contribution in [2.45, 2.75) is 59.0 Å². The average molecular weight is 324 g/mol. The van der Waals surface area contributed by atoms with E-state index >= 15 is 0 Å². The van der Waals surface area contributed by atoms with E-state index < -0.39 is 21.6 Å². The SMILES string of the molecule is CCCC(=O)N(C)C[Si](Cl)([Si](C)(C)C)[Si](C)(C)C. The van der Waals surface area contributed by atoms with E-state index in [4.69, 9.17) is 11.1 Å². The first-order valence-electron chi connectivity index (χ1n) is 6.79. The number of hydrogen-bond donors (Lipinski definition) is 0. The Labute approximate surface area is 120 Å². The van der Waals surface area contributed by atoms with Gasteiger partial charge in [-0.2, -0.15) is 11.1 Å². The van der Waals surface area contributed by atoms with Gasteiger partial charge in [-0.3, -0.25) is 4.79 Å². The van der Waals surface area contributed by atoms with Crippen molar-refractivity contribution in [1.29, 1.82) is 0 Å². The standard InChI is InChI=1S/C12H30ClNOSi3/c1-9-10-12(15)14(2)11-18(13,16(3,4)5)17(6,7)8/h9-11H2,1-8H3. The monoisotopic (exact) mass is 323 g/mol. The molecule has 0 aromatic rings. The van der Waals surface area contributed by atoms with Gasteiger partial charge in [-0.05, 0) is 6.42 Å². The molecular weight excluding hydrogens is 294 g/mol. The summed E-state index contributed by atoms with van der Waals surface area (Å²) in [4.78, 5) is 13.9. The molecule has 6 heteroatoms. The largest absolute Gasteiger partial charge is 0.348 e. The minimum absolute atomic E-state index is 0.256. The third-order valence-corrected chi connectivity index (χ3v) is 48.7. The van der Waals surface area contributed by atoms with Crippen LogP contribution in [0.15, 0.2) is 0 Å². The Kier molecular flexibility index (Phi) is 6.38. The van der Waals surface area contributed by atoms with Crippen LogP contribution < -0.4 is 0 Å². The summed E-state index contributed by atoms with van der Waals surface area (Å²) in [5.41, 5.74) is 0. The van der Waals surface area contributed by atoms with Gasteiger partial charge in [0.05, 0.1) is 15.2 Å². The Morgan fingerprint density at radius 3 is 1.72 bits per heavy atom. The number of carbonyl (C=O) groups excluding carboxylic acids is 1. The molecule has 0 saturated carbocycles. The molecule has 0 atom stereocenters. The Morgan fingerprint density at radius 2 is 1.44 bits per heavy atom. The molecule has 0 aromatic carbocycles. The second kappa shape index (κ2) is 6.24. The molecule has 0 aliphatic rings. The van der Waals surface area contributed by atoms with Gasteiger partial charge in [0, 0.05) is 19.6 Å². The van der Waals surface area contributed by atoms with Crippen molar-refractivity contribution in [3.8, 4) is 0 Å². The smallest absolute Gasteiger partial charge is 0.222 e. The first kappa shape index (κ1) is 18.4. The lowest BCUT2D eigenvalue weighted by Gasteiger charge is -2.46. The van der Waals surface area contributed by atoms with Crippen LogP contribution in [0.4, 0.5) is 0 Å². The van der Waals surface area contributed by atoms with Crippen LogP contribution in [-0.2, 0) is 4.79 Å². The van der Waals surface area contributed by atoms with Gasteiger partial charge in [0.2, 0.25) is 5.91 Å². The maximum absolute atomic E-state index is 12.0. The fourth-order valence-corrected chi connectivity index (χ4v) is 38.3. The summed E-state index contributed by atoms with van der Waals surface area (Å²) in [7, 11) is -0.879. The van der Waals surface area contributed by atoms with Gasteiger partial charge in [0.1, 0.15) is 0 Å². The van der Waals surface area contributed by atoms with Crippen LogP contribution in [0.25, 0.3) is 0 Å². The molecule has 108 valence electrons. The van der Waals surface area contributed by atoms with Gasteiger partial charge in [-0.15, -0.1) is 0 Å². The van der Waals surface area contributed by atoms with Crippen LogP contribution in [0.3, 0.4) is 0 Å². The zero-order valence-corrected chi connectivity index (χ0v) is 17.1. The highest BCUT2D eigenvalue weighted by Gasteiger charge is 2.54. The summed E-state index contributed by atoms with van der Waals surface area (Å²) >= 11 is 7.20. The Bertz CT molecular complexity index is 283. The van der Waals surface area contributed by atoms with E-state index in [1.54, 1.807) is 0 Å². The molecule has 0 aliphatic heterocycles. The molecule has 0 N–H and O–H groups in total. The minimum Gasteiger partial charge on any atom is -0.348 e. The Morgan fingerprint density at radius 1 is 1.06 bits per heavy atom. The molecule has 0 saturated heterocycles. The van der Waals surface area contributed by atoms with Crippen LogP contribution in [0.1, 0.15) is 19.8 Å². The molecule has 0 spiro atoms. The number of rotatable bonds is 6. The molecule has 0 aromatic heterocycles. The fourth-order valence-electron chi connectivity index (χ4n) is 2.42. The lowest BCUT2D eigenvalue weighted by Crippen LogP contribution is -2.72. The molecule has 2 nitrogen and oxygen atoms in total. The summed E-state index contributed by atoms with van der Waals surface area (Å²) < 4.78 is 0. The van der Waals surface area contributed by atoms with E-state index in [0.717, 1.165) is 12.6 Å². The summed E-state index contributed by atoms with van der Waals surface area (Å²) in [6.45, 7) is 16.3. The minimum atomic E-state index is -1.85. The maximum Gasteiger partial charge on any atom is 0.222 e. The zero-order chi connectivity index (χ0) is 14.8. The number of carbonyl (C=O) groups is 1. The first-order valence-corrected chi connectivity index (χ1v) is 19.0. The predicted molar refractivity (Wildman–Crippen MR) is 90.8 cm³/mol. The maximum atomic E-state index is 12.0. The van der Waals surface area contributed by atoms with Gasteiger partial charge < -0.3 is 4.90 Å². The molecule has 18 heavy (non-hydrogen) atoms. The average Bonchev–Trinajstić information content (AvgIpc) is 2.14. The molecule has 0 aliphatic carbocycles. The summed E-state index contributed by atoms with van der Waals surface area (Å²) in [6.07, 6.45) is 0.558. The highest BCUT2D eigenvalue weighted by molar-refractivity contribution is 7.82. The third kappa shape index (κ3) is 4.21. The fraction of sp³-hybridized carbons (Fsp3) is 0.917. The van der Waals surface area contributed by atoms with E-state index in [9.17, 15) is 4.79 Å². The molecule has 0 bridgehead atoms. The predicted octanol–water partition coefficient (Wildman–Crippen LogP) is 3.80.